The van der Waals surface area contributed by atoms with Crippen LogP contribution in [0.3, 0.4) is 0 Å². The zero-order valence-corrected chi connectivity index (χ0v) is 27.2. The Morgan fingerprint density at radius 1 is 0.979 bits per heavy atom. The normalized spacial score (nSPS) is 31.3. The molecule has 0 radical (unpaired) electrons. The summed E-state index contributed by atoms with van der Waals surface area (Å²) in [6.45, 7) is 1.66. The lowest BCUT2D eigenvalue weighted by Gasteiger charge is -2.28. The molecular formula is C24H37N7O15P2. The van der Waals surface area contributed by atoms with Gasteiger partial charge in [-0.05, 0) is 20.3 Å². The summed E-state index contributed by atoms with van der Waals surface area (Å²) in [6.07, 6.45) is -5.05. The highest BCUT2D eigenvalue weighted by atomic mass is 31.3. The van der Waals surface area contributed by atoms with Gasteiger partial charge in [-0.1, -0.05) is 6.08 Å². The molecule has 3 aliphatic heterocycles. The fraction of sp³-hybridized carbons (Fsp3) is 0.583. The monoisotopic (exact) mass is 725 g/mol. The van der Waals surface area contributed by atoms with Crippen molar-refractivity contribution in [1.29, 1.82) is 0 Å². The number of hydrogen-bond acceptors (Lipinski definition) is 18. The molecule has 0 bridgehead atoms. The Kier molecular flexibility index (Phi) is 12.1. The number of carbonyl (C=O) groups excluding carboxylic acids is 1. The van der Waals surface area contributed by atoms with E-state index in [0.717, 1.165) is 6.33 Å². The molecule has 1 amide bonds. The number of imidazole rings is 1. The van der Waals surface area contributed by atoms with Crippen LogP contribution in [0.2, 0.25) is 0 Å². The van der Waals surface area contributed by atoms with Gasteiger partial charge in [0, 0.05) is 24.1 Å². The van der Waals surface area contributed by atoms with E-state index in [1.54, 1.807) is 19.9 Å². The lowest BCUT2D eigenvalue weighted by Crippen LogP contribution is -2.40. The zero-order chi connectivity index (χ0) is 35.6. The molecular weight excluding hydrogens is 688 g/mol. The van der Waals surface area contributed by atoms with Crippen molar-refractivity contribution in [2.24, 2.45) is 5.73 Å². The Morgan fingerprint density at radius 2 is 1.52 bits per heavy atom. The third-order valence-electron chi connectivity index (χ3n) is 6.88. The molecule has 2 unspecified atom stereocenters. The van der Waals surface area contributed by atoms with Crippen LogP contribution >= 0.6 is 15.6 Å². The summed E-state index contributed by atoms with van der Waals surface area (Å²) < 4.78 is 50.8. The van der Waals surface area contributed by atoms with Gasteiger partial charge in [0.2, 0.25) is 5.91 Å². The Morgan fingerprint density at radius 3 is 2.08 bits per heavy atom. The number of anilines is 1. The van der Waals surface area contributed by atoms with E-state index in [-0.39, 0.29) is 35.1 Å². The van der Waals surface area contributed by atoms with E-state index in [1.807, 2.05) is 0 Å². The summed E-state index contributed by atoms with van der Waals surface area (Å²) >= 11 is 0. The predicted octanol–water partition coefficient (Wildman–Crippen LogP) is -2.30. The second-order valence-corrected chi connectivity index (χ2v) is 14.0. The number of amides is 1. The fourth-order valence-electron chi connectivity index (χ4n) is 4.68. The Balaban J connectivity index is 0.00000123. The van der Waals surface area contributed by atoms with Crippen LogP contribution in [-0.2, 0) is 36.8 Å². The van der Waals surface area contributed by atoms with Gasteiger partial charge in [0.05, 0.1) is 19.5 Å². The van der Waals surface area contributed by atoms with Gasteiger partial charge in [0.25, 0.3) is 0 Å². The highest BCUT2D eigenvalue weighted by molar-refractivity contribution is 7.61. The van der Waals surface area contributed by atoms with Crippen LogP contribution in [0.25, 0.3) is 11.2 Å². The lowest BCUT2D eigenvalue weighted by molar-refractivity contribution is -0.115. The number of aromatic nitrogens is 4. The second kappa shape index (κ2) is 15.3. The van der Waals surface area contributed by atoms with Crippen LogP contribution in [0.15, 0.2) is 36.7 Å². The number of aliphatic hydroxyl groups is 5. The lowest BCUT2D eigenvalue weighted by atomic mass is 10.1. The first kappa shape index (κ1) is 37.9. The highest BCUT2D eigenvalue weighted by Crippen LogP contribution is 2.60. The topological polar surface area (TPSA) is 338 Å². The van der Waals surface area contributed by atoms with E-state index in [0.29, 0.717) is 0 Å². The summed E-state index contributed by atoms with van der Waals surface area (Å²) in [4.78, 5) is 44.6. The maximum absolute atomic E-state index is 12.4. The van der Waals surface area contributed by atoms with Gasteiger partial charge in [0.15, 0.2) is 23.9 Å². The van der Waals surface area contributed by atoms with Gasteiger partial charge in [-0.2, -0.15) is 4.31 Å². The predicted molar refractivity (Wildman–Crippen MR) is 159 cm³/mol. The fourth-order valence-corrected chi connectivity index (χ4v) is 6.77. The van der Waals surface area contributed by atoms with E-state index in [4.69, 9.17) is 35.1 Å². The molecule has 11 N–H and O–H groups in total. The zero-order valence-electron chi connectivity index (χ0n) is 25.4. The van der Waals surface area contributed by atoms with Gasteiger partial charge in [-0.3, -0.25) is 18.4 Å². The molecule has 2 aromatic heterocycles. The molecule has 0 aliphatic carbocycles. The maximum atomic E-state index is 12.4. The summed E-state index contributed by atoms with van der Waals surface area (Å²) in [7, 11) is -10.7. The Bertz CT molecular complexity index is 1610. The third-order valence-corrected chi connectivity index (χ3v) is 9.48. The minimum atomic E-state index is -5.37. The standard InChI is InChI=1S/C21H29N7O14P2.C3H8O/c22-17-12-19(25-7-24-17)28(8-26-12)21-16(32)14(30)11(41-21)6-39-44(36,37)42-43(34,35)38-5-10-13(29)15(31)20(40-10)27-3-1-2-9(4-27)18(23)33;1-3(2)4/h1,3-4,7-8,10-11,13-16,20-21,29-32H,2,5-6H2,(H2,23,33)(H,34,35)(H,36,37)(H2,22,24,25);3-4H,1-2H3/t10-,11-,13-,14-,15-,16-,20-,21-;/m1./s1. The summed E-state index contributed by atoms with van der Waals surface area (Å²) in [5.41, 5.74) is 11.6. The third kappa shape index (κ3) is 9.00. The van der Waals surface area contributed by atoms with E-state index in [1.165, 1.54) is 28.2 Å². The van der Waals surface area contributed by atoms with Crippen LogP contribution in [0.4, 0.5) is 5.82 Å². The molecule has 0 spiro atoms. The minimum absolute atomic E-state index is 0.0517. The molecule has 10 atom stereocenters. The molecule has 22 nitrogen and oxygen atoms in total. The smallest absolute Gasteiger partial charge is 0.394 e. The van der Waals surface area contributed by atoms with Crippen LogP contribution in [-0.4, -0.2) is 128 Å². The SMILES string of the molecule is CC(C)O.NC(=O)C1=CN([C@@H]2O[C@H](COP(=O)(O)OP(=O)(O)OC[C@H]3O[C@@H](n4cnc5c(N)ncnc54)[C@H](O)[C@@H]3O)[C@@H](O)[C@H]2O)C=CC1. The number of allylic oxidation sites excluding steroid dienone is 1. The highest BCUT2D eigenvalue weighted by Gasteiger charge is 2.48. The molecule has 268 valence electrons. The number of phosphoric acid groups is 2. The van der Waals surface area contributed by atoms with Crippen molar-refractivity contribution in [2.45, 2.75) is 75.5 Å². The number of ether oxygens (including phenoxy) is 2. The van der Waals surface area contributed by atoms with Gasteiger partial charge in [-0.15, -0.1) is 0 Å². The maximum Gasteiger partial charge on any atom is 0.481 e. The molecule has 2 fully saturated rings. The van der Waals surface area contributed by atoms with Crippen LogP contribution in [0.1, 0.15) is 26.5 Å². The number of nitrogen functional groups attached to an aromatic ring is 1. The molecule has 48 heavy (non-hydrogen) atoms. The van der Waals surface area contributed by atoms with Crippen molar-refractivity contribution >= 4 is 38.5 Å². The van der Waals surface area contributed by atoms with Crippen LogP contribution in [0.5, 0.6) is 0 Å². The van der Waals surface area contributed by atoms with Crippen LogP contribution < -0.4 is 11.5 Å². The molecule has 24 heteroatoms. The minimum Gasteiger partial charge on any atom is -0.394 e. The summed E-state index contributed by atoms with van der Waals surface area (Å²) in [6, 6.07) is 0. The number of phosphoric ester groups is 2. The quantitative estimate of drug-likeness (QED) is 0.110. The van der Waals surface area contributed by atoms with E-state index in [9.17, 15) is 44.1 Å². The van der Waals surface area contributed by atoms with Crippen molar-refractivity contribution < 1.29 is 72.1 Å². The first-order chi connectivity index (χ1) is 22.4. The van der Waals surface area contributed by atoms with Crippen molar-refractivity contribution in [3.63, 3.8) is 0 Å². The Labute approximate surface area is 272 Å². The molecule has 0 aromatic carbocycles. The van der Waals surface area contributed by atoms with Gasteiger partial charge >= 0.3 is 15.6 Å². The molecule has 3 aliphatic rings. The van der Waals surface area contributed by atoms with Crippen molar-refractivity contribution in [3.05, 3.63) is 36.7 Å². The first-order valence-electron chi connectivity index (χ1n) is 14.2. The van der Waals surface area contributed by atoms with Crippen molar-refractivity contribution in [1.82, 2.24) is 24.4 Å². The van der Waals surface area contributed by atoms with Gasteiger partial charge in [0.1, 0.15) is 48.5 Å². The number of primary amides is 1. The average molecular weight is 726 g/mol. The van der Waals surface area contributed by atoms with Gasteiger partial charge in [-0.25, -0.2) is 24.1 Å². The van der Waals surface area contributed by atoms with E-state index < -0.39 is 83.8 Å². The number of hydrogen-bond donors (Lipinski definition) is 9. The molecule has 2 aromatic rings. The summed E-state index contributed by atoms with van der Waals surface area (Å²) in [5.74, 6) is -0.658. The first-order valence-corrected chi connectivity index (χ1v) is 17.1. The number of nitrogens with two attached hydrogens (primary N) is 2. The second-order valence-electron chi connectivity index (χ2n) is 10.9. The molecule has 0 saturated carbocycles. The van der Waals surface area contributed by atoms with E-state index >= 15 is 0 Å². The number of nitrogens with zero attached hydrogens (tertiary/aromatic N) is 5. The van der Waals surface area contributed by atoms with Gasteiger partial charge < -0.3 is 61.2 Å². The number of aliphatic hydroxyl groups excluding tert-OH is 5. The Hall–Kier alpha value is -2.92. The largest absolute Gasteiger partial charge is 0.481 e. The molecule has 2 saturated heterocycles. The van der Waals surface area contributed by atoms with Crippen molar-refractivity contribution in [2.75, 3.05) is 18.9 Å². The van der Waals surface area contributed by atoms with Crippen LogP contribution in [0, 0.1) is 0 Å². The van der Waals surface area contributed by atoms with Crippen molar-refractivity contribution in [3.8, 4) is 0 Å². The number of rotatable bonds is 11. The number of carbonyl (C=O) groups is 1. The molecule has 5 heterocycles. The average Bonchev–Trinajstić information content (AvgIpc) is 3.64. The summed E-state index contributed by atoms with van der Waals surface area (Å²) in [5, 5.41) is 49.7. The molecule has 5 rings (SSSR count). The number of fused-ring (bicyclic) bond motifs is 1. The van der Waals surface area contributed by atoms with E-state index in [2.05, 4.69) is 19.3 Å².